The van der Waals surface area contributed by atoms with Gasteiger partial charge in [0.05, 0.1) is 12.3 Å². The number of rotatable bonds is 0. The summed E-state index contributed by atoms with van der Waals surface area (Å²) in [4.78, 5) is 4.29. The summed E-state index contributed by atoms with van der Waals surface area (Å²) < 4.78 is 5.57. The lowest BCUT2D eigenvalue weighted by Gasteiger charge is -2.34. The Morgan fingerprint density at radius 2 is 2.50 bits per heavy atom. The second kappa shape index (κ2) is 2.33. The molecule has 1 fully saturated rings. The highest BCUT2D eigenvalue weighted by atomic mass is 16.5. The van der Waals surface area contributed by atoms with Crippen LogP contribution >= 0.6 is 0 Å². The fourth-order valence-electron chi connectivity index (χ4n) is 2.35. The lowest BCUT2D eigenvalue weighted by molar-refractivity contribution is 0.0533. The maximum atomic E-state index is 5.57. The Hall–Kier alpha value is -0.830. The maximum Gasteiger partial charge on any atom is 0.112 e. The van der Waals surface area contributed by atoms with Gasteiger partial charge in [0.1, 0.15) is 6.10 Å². The zero-order valence-corrected chi connectivity index (χ0v) is 6.81. The summed E-state index contributed by atoms with van der Waals surface area (Å²) in [7, 11) is 0. The molecule has 0 aromatic rings. The average Bonchev–Trinajstić information content (AvgIpc) is 2.71. The van der Waals surface area contributed by atoms with E-state index in [-0.39, 0.29) is 0 Å². The number of piperidine rings is 1. The first-order valence-electron chi connectivity index (χ1n) is 4.50. The molecule has 0 aromatic carbocycles. The van der Waals surface area contributed by atoms with Gasteiger partial charge in [-0.1, -0.05) is 0 Å². The zero-order chi connectivity index (χ0) is 7.97. The van der Waals surface area contributed by atoms with E-state index in [4.69, 9.17) is 4.74 Å². The Kier molecular flexibility index (Phi) is 1.29. The summed E-state index contributed by atoms with van der Waals surface area (Å²) in [6.45, 7) is 1.97. The molecule has 0 amide bonds. The summed E-state index contributed by atoms with van der Waals surface area (Å²) in [6, 6.07) is 0.464. The van der Waals surface area contributed by atoms with E-state index in [9.17, 15) is 0 Å². The minimum atomic E-state index is 0.388. The second-order valence-electron chi connectivity index (χ2n) is 3.71. The van der Waals surface area contributed by atoms with E-state index in [2.05, 4.69) is 16.4 Å². The predicted octanol–water partition coefficient (Wildman–Crippen LogP) is 0.187. The Morgan fingerprint density at radius 3 is 3.50 bits per heavy atom. The minimum Gasteiger partial charge on any atom is -0.497 e. The first-order chi connectivity index (χ1) is 5.95. The van der Waals surface area contributed by atoms with Gasteiger partial charge in [0.15, 0.2) is 0 Å². The van der Waals surface area contributed by atoms with Crippen LogP contribution < -0.4 is 5.32 Å². The first kappa shape index (κ1) is 6.66. The number of hydrogen-bond donors (Lipinski definition) is 1. The number of hydrogen-bond acceptors (Lipinski definition) is 3. The van der Waals surface area contributed by atoms with Gasteiger partial charge in [-0.05, 0) is 6.08 Å². The molecule has 3 aliphatic rings. The molecular formula is C9H12N2O. The van der Waals surface area contributed by atoms with Crippen molar-refractivity contribution >= 4 is 6.21 Å². The number of nitrogens with zero attached hydrogens (tertiary/aromatic N) is 1. The quantitative estimate of drug-likeness (QED) is 0.554. The molecule has 12 heavy (non-hydrogen) atoms. The van der Waals surface area contributed by atoms with Crippen molar-refractivity contribution < 1.29 is 4.74 Å². The Labute approximate surface area is 71.5 Å². The van der Waals surface area contributed by atoms with E-state index in [1.54, 1.807) is 0 Å². The highest BCUT2D eigenvalue weighted by Gasteiger charge is 2.42. The van der Waals surface area contributed by atoms with Gasteiger partial charge >= 0.3 is 0 Å². The number of ether oxygens (including phenoxy) is 1. The lowest BCUT2D eigenvalue weighted by atomic mass is 9.84. The Balaban J connectivity index is 1.85. The highest BCUT2D eigenvalue weighted by Crippen LogP contribution is 2.31. The summed E-state index contributed by atoms with van der Waals surface area (Å²) in [5, 5.41) is 3.47. The van der Waals surface area contributed by atoms with E-state index in [0.717, 1.165) is 13.1 Å². The van der Waals surface area contributed by atoms with Crippen molar-refractivity contribution in [3.63, 3.8) is 0 Å². The van der Waals surface area contributed by atoms with Crippen LogP contribution in [0.25, 0.3) is 0 Å². The van der Waals surface area contributed by atoms with E-state index in [1.165, 1.54) is 0 Å². The van der Waals surface area contributed by atoms with Crippen molar-refractivity contribution in [2.45, 2.75) is 12.1 Å². The van der Waals surface area contributed by atoms with Gasteiger partial charge in [0.2, 0.25) is 0 Å². The number of nitrogens with one attached hydrogen (secondary N) is 1. The van der Waals surface area contributed by atoms with E-state index in [0.29, 0.717) is 24.0 Å². The molecule has 3 rings (SSSR count). The molecule has 0 aromatic heterocycles. The van der Waals surface area contributed by atoms with Crippen LogP contribution in [-0.2, 0) is 4.74 Å². The SMILES string of the molecule is C1=CC2CNC3C=NCC3C2O1. The van der Waals surface area contributed by atoms with Gasteiger partial charge in [-0.15, -0.1) is 0 Å². The molecule has 3 aliphatic heterocycles. The molecule has 3 heteroatoms. The standard InChI is InChI=1S/C9H12N2O/c1-2-12-9-6(1)3-11-8-5-10-4-7(8)9/h1-2,5-9,11H,3-4H2. The number of aliphatic imine (C=N–C) groups is 1. The van der Waals surface area contributed by atoms with Gasteiger partial charge in [0, 0.05) is 31.1 Å². The van der Waals surface area contributed by atoms with Crippen molar-refractivity contribution in [3.8, 4) is 0 Å². The van der Waals surface area contributed by atoms with Gasteiger partial charge in [-0.25, -0.2) is 0 Å². The van der Waals surface area contributed by atoms with E-state index in [1.807, 2.05) is 12.5 Å². The third kappa shape index (κ3) is 0.771. The summed E-state index contributed by atoms with van der Waals surface area (Å²) in [5.74, 6) is 1.15. The summed E-state index contributed by atoms with van der Waals surface area (Å²) >= 11 is 0. The molecular weight excluding hydrogens is 152 g/mol. The van der Waals surface area contributed by atoms with Gasteiger partial charge in [0.25, 0.3) is 0 Å². The second-order valence-corrected chi connectivity index (χ2v) is 3.71. The van der Waals surface area contributed by atoms with Gasteiger partial charge < -0.3 is 10.1 Å². The van der Waals surface area contributed by atoms with Crippen LogP contribution in [0.3, 0.4) is 0 Å². The smallest absolute Gasteiger partial charge is 0.112 e. The Morgan fingerprint density at radius 1 is 1.50 bits per heavy atom. The van der Waals surface area contributed by atoms with Gasteiger partial charge in [-0.2, -0.15) is 0 Å². The van der Waals surface area contributed by atoms with Crippen molar-refractivity contribution in [1.82, 2.24) is 5.32 Å². The van der Waals surface area contributed by atoms with Crippen molar-refractivity contribution in [2.24, 2.45) is 16.8 Å². The van der Waals surface area contributed by atoms with Crippen LogP contribution in [-0.4, -0.2) is 31.4 Å². The van der Waals surface area contributed by atoms with E-state index >= 15 is 0 Å². The van der Waals surface area contributed by atoms with Gasteiger partial charge in [-0.3, -0.25) is 4.99 Å². The lowest BCUT2D eigenvalue weighted by Crippen LogP contribution is -2.52. The third-order valence-electron chi connectivity index (χ3n) is 3.04. The molecule has 0 spiro atoms. The average molecular weight is 164 g/mol. The molecule has 3 nitrogen and oxygen atoms in total. The molecule has 64 valence electrons. The fourth-order valence-corrected chi connectivity index (χ4v) is 2.35. The van der Waals surface area contributed by atoms with Crippen LogP contribution in [0.15, 0.2) is 17.3 Å². The van der Waals surface area contributed by atoms with Crippen molar-refractivity contribution in [2.75, 3.05) is 13.1 Å². The monoisotopic (exact) mass is 164 g/mol. The molecule has 0 radical (unpaired) electrons. The molecule has 0 saturated carbocycles. The molecule has 0 bridgehead atoms. The minimum absolute atomic E-state index is 0.388. The molecule has 0 aliphatic carbocycles. The maximum absolute atomic E-state index is 5.57. The van der Waals surface area contributed by atoms with E-state index < -0.39 is 0 Å². The fraction of sp³-hybridized carbons (Fsp3) is 0.667. The van der Waals surface area contributed by atoms with Crippen molar-refractivity contribution in [3.05, 3.63) is 12.3 Å². The van der Waals surface area contributed by atoms with Crippen LogP contribution in [0.2, 0.25) is 0 Å². The third-order valence-corrected chi connectivity index (χ3v) is 3.04. The molecule has 4 atom stereocenters. The zero-order valence-electron chi connectivity index (χ0n) is 6.81. The molecule has 1 N–H and O–H groups in total. The van der Waals surface area contributed by atoms with Crippen LogP contribution in [0.1, 0.15) is 0 Å². The summed E-state index contributed by atoms with van der Waals surface area (Å²) in [5.41, 5.74) is 0. The van der Waals surface area contributed by atoms with Crippen molar-refractivity contribution in [1.29, 1.82) is 0 Å². The highest BCUT2D eigenvalue weighted by molar-refractivity contribution is 5.68. The first-order valence-corrected chi connectivity index (χ1v) is 4.50. The number of fused-ring (bicyclic) bond motifs is 3. The molecule has 4 unspecified atom stereocenters. The van der Waals surface area contributed by atoms with Crippen LogP contribution in [0.5, 0.6) is 0 Å². The Bertz CT molecular complexity index is 223. The van der Waals surface area contributed by atoms with Crippen LogP contribution in [0.4, 0.5) is 0 Å². The largest absolute Gasteiger partial charge is 0.497 e. The molecule has 3 heterocycles. The topological polar surface area (TPSA) is 33.6 Å². The molecule has 1 saturated heterocycles. The normalized spacial score (nSPS) is 48.7. The summed E-state index contributed by atoms with van der Waals surface area (Å²) in [6.07, 6.45) is 6.42. The van der Waals surface area contributed by atoms with Crippen LogP contribution in [0, 0.1) is 11.8 Å². The predicted molar refractivity (Wildman–Crippen MR) is 46.1 cm³/mol.